The molecule has 0 aliphatic heterocycles. The Hall–Kier alpha value is -1.61. The van der Waals surface area contributed by atoms with Crippen LogP contribution in [0, 0.1) is 0 Å². The summed E-state index contributed by atoms with van der Waals surface area (Å²) in [5.41, 5.74) is 1.13. The maximum Gasteiger partial charge on any atom is 0.499 e. The molecule has 9 heteroatoms. The molecule has 1 heterocycles. The van der Waals surface area contributed by atoms with Crippen LogP contribution in [0.15, 0.2) is 46.9 Å². The van der Waals surface area contributed by atoms with Gasteiger partial charge in [0.2, 0.25) is 0 Å². The first-order valence-electron chi connectivity index (χ1n) is 4.89. The van der Waals surface area contributed by atoms with Gasteiger partial charge in [0.1, 0.15) is 5.00 Å². The van der Waals surface area contributed by atoms with Gasteiger partial charge in [-0.2, -0.15) is 4.31 Å². The van der Waals surface area contributed by atoms with E-state index >= 15 is 0 Å². The van der Waals surface area contributed by atoms with E-state index in [0.29, 0.717) is 11.3 Å². The Labute approximate surface area is 111 Å². The first-order chi connectivity index (χ1) is 8.83. The van der Waals surface area contributed by atoms with E-state index in [4.69, 9.17) is 0 Å². The molecule has 102 valence electrons. The molecule has 0 amide bonds. The molecule has 2 aromatic rings. The highest BCUT2D eigenvalue weighted by atomic mass is 32.2. The molecule has 2 rings (SSSR count). The second kappa shape index (κ2) is 4.82. The summed E-state index contributed by atoms with van der Waals surface area (Å²) < 4.78 is 62.5. The monoisotopic (exact) mass is 308 g/mol. The maximum atomic E-state index is 13.0. The topological polar surface area (TPSA) is 50.3 Å². The van der Waals surface area contributed by atoms with E-state index in [1.165, 1.54) is 18.2 Å². The predicted molar refractivity (Wildman–Crippen MR) is 64.3 cm³/mol. The van der Waals surface area contributed by atoms with Crippen molar-refractivity contribution in [2.45, 2.75) is 11.2 Å². The van der Waals surface area contributed by atoms with Crippen molar-refractivity contribution in [1.82, 2.24) is 4.98 Å². The minimum Gasteiger partial charge on any atom is -0.251 e. The summed E-state index contributed by atoms with van der Waals surface area (Å²) in [6, 6.07) is 6.44. The van der Waals surface area contributed by atoms with Gasteiger partial charge in [0.05, 0.1) is 16.6 Å². The van der Waals surface area contributed by atoms with Crippen LogP contribution in [0.2, 0.25) is 0 Å². The maximum absolute atomic E-state index is 13.0. The van der Waals surface area contributed by atoms with Crippen LogP contribution in [-0.2, 0) is 10.0 Å². The minimum atomic E-state index is -5.05. The van der Waals surface area contributed by atoms with E-state index in [0.717, 1.165) is 23.8 Å². The van der Waals surface area contributed by atoms with Crippen molar-refractivity contribution in [3.05, 3.63) is 42.0 Å². The summed E-state index contributed by atoms with van der Waals surface area (Å²) >= 11 is 0.595. The fourth-order valence-electron chi connectivity index (χ4n) is 1.39. The van der Waals surface area contributed by atoms with Crippen LogP contribution in [-0.4, -0.2) is 19.7 Å². The Morgan fingerprint density at radius 2 is 1.79 bits per heavy atom. The Balaban J connectivity index is 2.57. The number of sulfonamides is 1. The van der Waals surface area contributed by atoms with E-state index in [1.807, 2.05) is 0 Å². The smallest absolute Gasteiger partial charge is 0.251 e. The molecule has 0 bridgehead atoms. The summed E-state index contributed by atoms with van der Waals surface area (Å²) in [6.07, 6.45) is -4.19. The van der Waals surface area contributed by atoms with Gasteiger partial charge in [-0.25, -0.2) is 8.42 Å². The van der Waals surface area contributed by atoms with Gasteiger partial charge in [0.15, 0.2) is 0 Å². The molecular weight excluding hydrogens is 301 g/mol. The molecule has 0 unspecified atom stereocenters. The molecule has 0 saturated heterocycles. The highest BCUT2D eigenvalue weighted by Gasteiger charge is 2.47. The zero-order valence-corrected chi connectivity index (χ0v) is 10.8. The summed E-state index contributed by atoms with van der Waals surface area (Å²) in [4.78, 5) is 3.05. The second-order valence-corrected chi connectivity index (χ2v) is 6.04. The number of rotatable bonds is 3. The standard InChI is InChI=1S/C10H7F3N2O2S2/c11-10(12,13)15(9-6-14-7-18-9)19(16,17)8-4-2-1-3-5-8/h1-7H. The van der Waals surface area contributed by atoms with Crippen molar-refractivity contribution in [2.24, 2.45) is 0 Å². The third-order valence-electron chi connectivity index (χ3n) is 2.13. The van der Waals surface area contributed by atoms with E-state index in [1.54, 1.807) is 0 Å². The van der Waals surface area contributed by atoms with Crippen LogP contribution in [0.5, 0.6) is 0 Å². The number of anilines is 1. The van der Waals surface area contributed by atoms with Gasteiger partial charge in [-0.05, 0) is 12.1 Å². The van der Waals surface area contributed by atoms with E-state index in [2.05, 4.69) is 4.98 Å². The molecule has 0 spiro atoms. The van der Waals surface area contributed by atoms with Crippen LogP contribution in [0.25, 0.3) is 0 Å². The van der Waals surface area contributed by atoms with Gasteiger partial charge in [0.25, 0.3) is 10.0 Å². The number of benzene rings is 1. The normalized spacial score (nSPS) is 12.4. The molecule has 0 fully saturated rings. The largest absolute Gasteiger partial charge is 0.499 e. The lowest BCUT2D eigenvalue weighted by Crippen LogP contribution is -2.42. The van der Waals surface area contributed by atoms with Crippen molar-refractivity contribution in [3.63, 3.8) is 0 Å². The fraction of sp³-hybridized carbons (Fsp3) is 0.100. The highest BCUT2D eigenvalue weighted by molar-refractivity contribution is 7.93. The first-order valence-corrected chi connectivity index (χ1v) is 7.21. The highest BCUT2D eigenvalue weighted by Crippen LogP contribution is 2.36. The molecule has 0 saturated carbocycles. The van der Waals surface area contributed by atoms with Crippen molar-refractivity contribution in [1.29, 1.82) is 0 Å². The number of alkyl halides is 3. The molecule has 1 aromatic heterocycles. The van der Waals surface area contributed by atoms with Crippen LogP contribution in [0.3, 0.4) is 0 Å². The summed E-state index contributed by atoms with van der Waals surface area (Å²) in [5, 5.41) is -0.503. The van der Waals surface area contributed by atoms with E-state index in [9.17, 15) is 21.6 Å². The molecule has 4 nitrogen and oxygen atoms in total. The molecule has 19 heavy (non-hydrogen) atoms. The average molecular weight is 308 g/mol. The number of halogens is 3. The Morgan fingerprint density at radius 3 is 2.26 bits per heavy atom. The summed E-state index contributed by atoms with van der Waals surface area (Å²) in [6.45, 7) is 0. The molecule has 0 atom stereocenters. The van der Waals surface area contributed by atoms with E-state index in [-0.39, 0.29) is 0 Å². The predicted octanol–water partition coefficient (Wildman–Crippen LogP) is 2.86. The number of thiazole rings is 1. The summed E-state index contributed by atoms with van der Waals surface area (Å²) in [7, 11) is -4.70. The molecule has 0 aliphatic carbocycles. The van der Waals surface area contributed by atoms with Crippen LogP contribution < -0.4 is 4.31 Å². The van der Waals surface area contributed by atoms with Crippen molar-refractivity contribution >= 4 is 26.4 Å². The SMILES string of the molecule is O=S(=O)(c1ccccc1)N(c1cncs1)C(F)(F)F. The van der Waals surface area contributed by atoms with Gasteiger partial charge in [-0.3, -0.25) is 4.98 Å². The fourth-order valence-corrected chi connectivity index (χ4v) is 3.63. The van der Waals surface area contributed by atoms with Gasteiger partial charge in [-0.1, -0.05) is 18.2 Å². The average Bonchev–Trinajstić information content (AvgIpc) is 2.81. The Bertz CT molecular complexity index is 639. The zero-order chi connectivity index (χ0) is 14.1. The molecule has 0 aliphatic rings. The second-order valence-electron chi connectivity index (χ2n) is 3.39. The lowest BCUT2D eigenvalue weighted by Gasteiger charge is -2.24. The molecule has 0 radical (unpaired) electrons. The summed E-state index contributed by atoms with van der Waals surface area (Å²) in [5.74, 6) is 0. The van der Waals surface area contributed by atoms with Gasteiger partial charge in [0, 0.05) is 0 Å². The van der Waals surface area contributed by atoms with Crippen LogP contribution in [0.4, 0.5) is 18.2 Å². The third kappa shape index (κ3) is 2.71. The first kappa shape index (κ1) is 13.8. The Kier molecular flexibility index (Phi) is 3.50. The van der Waals surface area contributed by atoms with Crippen molar-refractivity contribution in [2.75, 3.05) is 4.31 Å². The van der Waals surface area contributed by atoms with Crippen LogP contribution >= 0.6 is 11.3 Å². The lowest BCUT2D eigenvalue weighted by atomic mass is 10.4. The van der Waals surface area contributed by atoms with Crippen molar-refractivity contribution in [3.8, 4) is 0 Å². The lowest BCUT2D eigenvalue weighted by molar-refractivity contribution is -0.115. The number of hydrogen-bond donors (Lipinski definition) is 0. The van der Waals surface area contributed by atoms with E-state index < -0.39 is 30.5 Å². The molecule has 0 N–H and O–H groups in total. The quantitative estimate of drug-likeness (QED) is 0.819. The van der Waals surface area contributed by atoms with Gasteiger partial charge >= 0.3 is 6.30 Å². The number of aromatic nitrogens is 1. The minimum absolute atomic E-state index is 0.430. The molecular formula is C10H7F3N2O2S2. The third-order valence-corrected chi connectivity index (χ3v) is 4.76. The zero-order valence-electron chi connectivity index (χ0n) is 9.20. The van der Waals surface area contributed by atoms with Crippen molar-refractivity contribution < 1.29 is 21.6 Å². The molecule has 1 aromatic carbocycles. The Morgan fingerprint density at radius 1 is 1.16 bits per heavy atom. The van der Waals surface area contributed by atoms with Gasteiger partial charge in [-0.15, -0.1) is 24.5 Å². The van der Waals surface area contributed by atoms with Gasteiger partial charge < -0.3 is 0 Å². The van der Waals surface area contributed by atoms with Crippen LogP contribution in [0.1, 0.15) is 0 Å². The number of hydrogen-bond acceptors (Lipinski definition) is 4. The number of nitrogens with zero attached hydrogens (tertiary/aromatic N) is 2.